The molecule has 0 N–H and O–H groups in total. The van der Waals surface area contributed by atoms with Crippen LogP contribution in [0.3, 0.4) is 0 Å². The maximum Gasteiger partial charge on any atom is 0.341 e. The standard InChI is InChI=1S/C22H22FNO5/c1-15(25)19(12-17-4-3-5-20-21(17)29-14-28-20)22(26)27-11-10-24(2)13-16-6-8-18(23)9-7-16/h3-9,12H,10-11,13-14H2,1-2H3. The van der Waals surface area contributed by atoms with Gasteiger partial charge in [0.25, 0.3) is 0 Å². The number of fused-ring (bicyclic) bond motifs is 1. The van der Waals surface area contributed by atoms with Crippen molar-refractivity contribution < 1.29 is 28.2 Å². The summed E-state index contributed by atoms with van der Waals surface area (Å²) in [6, 6.07) is 11.5. The van der Waals surface area contributed by atoms with Crippen molar-refractivity contribution in [2.75, 3.05) is 27.0 Å². The molecular formula is C22H22FNO5. The number of likely N-dealkylation sites (N-methyl/N-ethyl adjacent to an activating group) is 1. The van der Waals surface area contributed by atoms with E-state index in [1.807, 2.05) is 11.9 Å². The molecule has 1 aliphatic rings. The summed E-state index contributed by atoms with van der Waals surface area (Å²) in [5, 5.41) is 0. The second-order valence-electron chi connectivity index (χ2n) is 6.70. The van der Waals surface area contributed by atoms with Crippen molar-refractivity contribution in [3.63, 3.8) is 0 Å². The number of ketones is 1. The molecule has 2 aromatic carbocycles. The van der Waals surface area contributed by atoms with Gasteiger partial charge in [0.15, 0.2) is 17.3 Å². The minimum absolute atomic E-state index is 0.0601. The second-order valence-corrected chi connectivity index (χ2v) is 6.70. The zero-order valence-electron chi connectivity index (χ0n) is 16.3. The fourth-order valence-electron chi connectivity index (χ4n) is 2.88. The summed E-state index contributed by atoms with van der Waals surface area (Å²) in [5.41, 5.74) is 1.47. The van der Waals surface area contributed by atoms with E-state index in [2.05, 4.69) is 0 Å². The fourth-order valence-corrected chi connectivity index (χ4v) is 2.88. The lowest BCUT2D eigenvalue weighted by molar-refractivity contribution is -0.140. The van der Waals surface area contributed by atoms with Crippen molar-refractivity contribution in [1.29, 1.82) is 0 Å². The number of carbonyl (C=O) groups excluding carboxylic acids is 2. The summed E-state index contributed by atoms with van der Waals surface area (Å²) in [6.45, 7) is 2.58. The van der Waals surface area contributed by atoms with Gasteiger partial charge in [0.1, 0.15) is 18.0 Å². The third kappa shape index (κ3) is 5.42. The van der Waals surface area contributed by atoms with Gasteiger partial charge in [-0.1, -0.05) is 24.3 Å². The van der Waals surface area contributed by atoms with Crippen LogP contribution < -0.4 is 9.47 Å². The van der Waals surface area contributed by atoms with Crippen LogP contribution in [0.15, 0.2) is 48.0 Å². The van der Waals surface area contributed by atoms with Crippen molar-refractivity contribution in [1.82, 2.24) is 4.90 Å². The van der Waals surface area contributed by atoms with Crippen molar-refractivity contribution in [3.8, 4) is 11.5 Å². The van der Waals surface area contributed by atoms with Crippen LogP contribution >= 0.6 is 0 Å². The van der Waals surface area contributed by atoms with E-state index in [-0.39, 0.29) is 24.8 Å². The number of carbonyl (C=O) groups is 2. The number of ether oxygens (including phenoxy) is 3. The van der Waals surface area contributed by atoms with Crippen LogP contribution in [0, 0.1) is 5.82 Å². The first-order valence-corrected chi connectivity index (χ1v) is 9.15. The molecule has 1 heterocycles. The predicted octanol–water partition coefficient (Wildman–Crippen LogP) is 3.20. The highest BCUT2D eigenvalue weighted by atomic mass is 19.1. The Morgan fingerprint density at radius 2 is 1.93 bits per heavy atom. The Morgan fingerprint density at radius 3 is 2.66 bits per heavy atom. The predicted molar refractivity (Wildman–Crippen MR) is 105 cm³/mol. The van der Waals surface area contributed by atoms with Crippen LogP contribution in [0.4, 0.5) is 4.39 Å². The van der Waals surface area contributed by atoms with Crippen molar-refractivity contribution in [2.45, 2.75) is 13.5 Å². The molecule has 6 nitrogen and oxygen atoms in total. The lowest BCUT2D eigenvalue weighted by Crippen LogP contribution is -2.25. The Hall–Kier alpha value is -3.19. The molecule has 7 heteroatoms. The molecule has 0 unspecified atom stereocenters. The molecule has 152 valence electrons. The number of halogens is 1. The maximum atomic E-state index is 13.0. The second kappa shape index (κ2) is 9.34. The van der Waals surface area contributed by atoms with Gasteiger partial charge >= 0.3 is 5.97 Å². The van der Waals surface area contributed by atoms with E-state index >= 15 is 0 Å². The molecule has 0 saturated carbocycles. The Morgan fingerprint density at radius 1 is 1.17 bits per heavy atom. The van der Waals surface area contributed by atoms with E-state index in [4.69, 9.17) is 14.2 Å². The summed E-state index contributed by atoms with van der Waals surface area (Å²) >= 11 is 0. The number of benzene rings is 2. The summed E-state index contributed by atoms with van der Waals surface area (Å²) in [7, 11) is 1.86. The van der Waals surface area contributed by atoms with Gasteiger partial charge in [-0.05, 0) is 43.8 Å². The lowest BCUT2D eigenvalue weighted by Gasteiger charge is -2.16. The molecule has 0 spiro atoms. The average Bonchev–Trinajstić information content (AvgIpc) is 3.17. The number of Topliss-reactive ketones (excluding diaryl/α,β-unsaturated/α-hetero) is 1. The number of esters is 1. The molecule has 1 aliphatic heterocycles. The normalized spacial score (nSPS) is 12.9. The van der Waals surface area contributed by atoms with E-state index in [0.717, 1.165) is 5.56 Å². The first-order valence-electron chi connectivity index (χ1n) is 9.15. The van der Waals surface area contributed by atoms with E-state index in [9.17, 15) is 14.0 Å². The smallest absolute Gasteiger partial charge is 0.341 e. The topological polar surface area (TPSA) is 65.1 Å². The molecule has 0 fully saturated rings. The number of nitrogens with zero attached hydrogens (tertiary/aromatic N) is 1. The first-order chi connectivity index (χ1) is 13.9. The fraction of sp³-hybridized carbons (Fsp3) is 0.273. The molecule has 0 saturated heterocycles. The molecular weight excluding hydrogens is 377 g/mol. The van der Waals surface area contributed by atoms with Gasteiger partial charge in [-0.2, -0.15) is 0 Å². The number of para-hydroxylation sites is 1. The van der Waals surface area contributed by atoms with Gasteiger partial charge in [-0.15, -0.1) is 0 Å². The number of hydrogen-bond donors (Lipinski definition) is 0. The van der Waals surface area contributed by atoms with Gasteiger partial charge in [-0.25, -0.2) is 9.18 Å². The van der Waals surface area contributed by atoms with Crippen molar-refractivity contribution in [3.05, 3.63) is 65.0 Å². The van der Waals surface area contributed by atoms with E-state index in [0.29, 0.717) is 30.2 Å². The van der Waals surface area contributed by atoms with Crippen LogP contribution in [0.5, 0.6) is 11.5 Å². The van der Waals surface area contributed by atoms with Crippen LogP contribution in [-0.4, -0.2) is 43.6 Å². The summed E-state index contributed by atoms with van der Waals surface area (Å²) < 4.78 is 29.0. The molecule has 0 aliphatic carbocycles. The van der Waals surface area contributed by atoms with E-state index in [1.54, 1.807) is 30.3 Å². The molecule has 0 bridgehead atoms. The zero-order chi connectivity index (χ0) is 20.8. The van der Waals surface area contributed by atoms with E-state index < -0.39 is 11.8 Å². The molecule has 0 aromatic heterocycles. The minimum atomic E-state index is -0.691. The number of hydrogen-bond acceptors (Lipinski definition) is 6. The minimum Gasteiger partial charge on any atom is -0.461 e. The summed E-state index contributed by atoms with van der Waals surface area (Å²) in [4.78, 5) is 26.3. The molecule has 0 radical (unpaired) electrons. The summed E-state index contributed by atoms with van der Waals surface area (Å²) in [5.74, 6) is -0.305. The zero-order valence-corrected chi connectivity index (χ0v) is 16.3. The highest BCUT2D eigenvalue weighted by Crippen LogP contribution is 2.36. The SMILES string of the molecule is CC(=O)C(=Cc1cccc2c1OCO2)C(=O)OCCN(C)Cc1ccc(F)cc1. The molecule has 0 atom stereocenters. The van der Waals surface area contributed by atoms with Gasteiger partial charge in [0, 0.05) is 18.7 Å². The molecule has 29 heavy (non-hydrogen) atoms. The Kier molecular flexibility index (Phi) is 6.61. The highest BCUT2D eigenvalue weighted by molar-refractivity contribution is 6.20. The monoisotopic (exact) mass is 399 g/mol. The third-order valence-corrected chi connectivity index (χ3v) is 4.40. The lowest BCUT2D eigenvalue weighted by atomic mass is 10.1. The Bertz CT molecular complexity index is 923. The first kappa shape index (κ1) is 20.5. The van der Waals surface area contributed by atoms with Crippen molar-refractivity contribution in [2.24, 2.45) is 0 Å². The Balaban J connectivity index is 1.58. The van der Waals surface area contributed by atoms with Crippen LogP contribution in [0.25, 0.3) is 6.08 Å². The number of rotatable bonds is 8. The van der Waals surface area contributed by atoms with Crippen molar-refractivity contribution >= 4 is 17.8 Å². The summed E-state index contributed by atoms with van der Waals surface area (Å²) in [6.07, 6.45) is 1.46. The maximum absolute atomic E-state index is 13.0. The molecule has 0 amide bonds. The largest absolute Gasteiger partial charge is 0.461 e. The van der Waals surface area contributed by atoms with Crippen LogP contribution in [0.2, 0.25) is 0 Å². The van der Waals surface area contributed by atoms with Gasteiger partial charge in [0.05, 0.1) is 0 Å². The average molecular weight is 399 g/mol. The van der Waals surface area contributed by atoms with Gasteiger partial charge < -0.3 is 14.2 Å². The highest BCUT2D eigenvalue weighted by Gasteiger charge is 2.21. The quantitative estimate of drug-likeness (QED) is 0.294. The third-order valence-electron chi connectivity index (χ3n) is 4.40. The van der Waals surface area contributed by atoms with E-state index in [1.165, 1.54) is 25.1 Å². The van der Waals surface area contributed by atoms with Crippen LogP contribution in [0.1, 0.15) is 18.1 Å². The molecule has 2 aromatic rings. The van der Waals surface area contributed by atoms with Crippen LogP contribution in [-0.2, 0) is 20.9 Å². The Labute approximate surface area is 168 Å². The molecule has 3 rings (SSSR count). The van der Waals surface area contributed by atoms with Gasteiger partial charge in [0.2, 0.25) is 6.79 Å². The van der Waals surface area contributed by atoms with Gasteiger partial charge in [-0.3, -0.25) is 9.69 Å².